The summed E-state index contributed by atoms with van der Waals surface area (Å²) in [4.78, 5) is 12.7. The average molecular weight is 259 g/mol. The molecule has 0 aliphatic heterocycles. The van der Waals surface area contributed by atoms with Gasteiger partial charge < -0.3 is 0 Å². The Morgan fingerprint density at radius 1 is 0.750 bits per heavy atom. The smallest absolute Gasteiger partial charge is 0.0813 e. The molecule has 3 heteroatoms. The molecule has 0 amide bonds. The Labute approximate surface area is 117 Å². The molecule has 0 radical (unpaired) electrons. The van der Waals surface area contributed by atoms with Crippen LogP contribution in [0.15, 0.2) is 67.3 Å². The van der Waals surface area contributed by atoms with E-state index in [0.717, 1.165) is 22.5 Å². The van der Waals surface area contributed by atoms with Crippen molar-refractivity contribution in [2.75, 3.05) is 0 Å². The van der Waals surface area contributed by atoms with Crippen molar-refractivity contribution in [2.24, 2.45) is 0 Å². The first-order chi connectivity index (χ1) is 9.93. The van der Waals surface area contributed by atoms with Crippen LogP contribution in [-0.2, 0) is 0 Å². The minimum Gasteiger partial charge on any atom is -0.261 e. The molecule has 2 heterocycles. The summed E-state index contributed by atoms with van der Waals surface area (Å²) in [5, 5.41) is 0. The molecule has 1 aromatic carbocycles. The lowest BCUT2D eigenvalue weighted by Crippen LogP contribution is -1.87. The summed E-state index contributed by atoms with van der Waals surface area (Å²) in [6.45, 7) is 0. The van der Waals surface area contributed by atoms with E-state index in [1.807, 2.05) is 48.7 Å². The summed E-state index contributed by atoms with van der Waals surface area (Å²) in [5.74, 6) is 0. The van der Waals surface area contributed by atoms with E-state index in [1.54, 1.807) is 18.6 Å². The van der Waals surface area contributed by atoms with Crippen molar-refractivity contribution in [3.63, 3.8) is 0 Å². The van der Waals surface area contributed by atoms with Crippen LogP contribution in [0.4, 0.5) is 0 Å². The van der Waals surface area contributed by atoms with E-state index < -0.39 is 0 Å². The molecule has 20 heavy (non-hydrogen) atoms. The highest BCUT2D eigenvalue weighted by atomic mass is 14.8. The quantitative estimate of drug-likeness (QED) is 0.719. The third-order valence-electron chi connectivity index (χ3n) is 2.90. The first kappa shape index (κ1) is 12.2. The van der Waals surface area contributed by atoms with Crippen molar-refractivity contribution >= 4 is 12.2 Å². The summed E-state index contributed by atoms with van der Waals surface area (Å²) >= 11 is 0. The van der Waals surface area contributed by atoms with Gasteiger partial charge in [0.05, 0.1) is 17.6 Å². The Morgan fingerprint density at radius 3 is 2.45 bits per heavy atom. The van der Waals surface area contributed by atoms with Crippen molar-refractivity contribution < 1.29 is 0 Å². The predicted molar refractivity (Wildman–Crippen MR) is 80.6 cm³/mol. The van der Waals surface area contributed by atoms with Crippen molar-refractivity contribution in [2.45, 2.75) is 0 Å². The molecule has 0 spiro atoms. The fourth-order valence-corrected chi connectivity index (χ4v) is 1.96. The molecule has 0 aliphatic rings. The monoisotopic (exact) mass is 259 g/mol. The topological polar surface area (TPSA) is 38.7 Å². The Hall–Kier alpha value is -2.81. The summed E-state index contributed by atoms with van der Waals surface area (Å²) in [7, 11) is 0. The van der Waals surface area contributed by atoms with Crippen LogP contribution in [-0.4, -0.2) is 15.0 Å². The molecule has 3 nitrogen and oxygen atoms in total. The number of rotatable bonds is 3. The van der Waals surface area contributed by atoms with Gasteiger partial charge >= 0.3 is 0 Å². The molecule has 3 aromatic rings. The number of pyridine rings is 1. The van der Waals surface area contributed by atoms with Gasteiger partial charge in [-0.15, -0.1) is 0 Å². The fourth-order valence-electron chi connectivity index (χ4n) is 1.96. The maximum absolute atomic E-state index is 4.47. The summed E-state index contributed by atoms with van der Waals surface area (Å²) < 4.78 is 0. The van der Waals surface area contributed by atoms with E-state index in [1.165, 1.54) is 0 Å². The Balaban J connectivity index is 1.97. The van der Waals surface area contributed by atoms with Crippen molar-refractivity contribution in [3.8, 4) is 11.3 Å². The summed E-state index contributed by atoms with van der Waals surface area (Å²) in [6, 6.07) is 14.1. The minimum atomic E-state index is 0.829. The lowest BCUT2D eigenvalue weighted by atomic mass is 10.1. The highest BCUT2D eigenvalue weighted by Gasteiger charge is 2.02. The summed E-state index contributed by atoms with van der Waals surface area (Å²) in [6.07, 6.45) is 10.8. The van der Waals surface area contributed by atoms with Crippen molar-refractivity contribution in [3.05, 3.63) is 78.5 Å². The zero-order chi connectivity index (χ0) is 13.6. The van der Waals surface area contributed by atoms with Crippen molar-refractivity contribution in [1.29, 1.82) is 0 Å². The van der Waals surface area contributed by atoms with Crippen molar-refractivity contribution in [1.82, 2.24) is 15.0 Å². The van der Waals surface area contributed by atoms with Gasteiger partial charge in [0.2, 0.25) is 0 Å². The number of aromatic nitrogens is 3. The van der Waals surface area contributed by atoms with Crippen LogP contribution in [0.2, 0.25) is 0 Å². The zero-order valence-electron chi connectivity index (χ0n) is 10.8. The Kier molecular flexibility index (Phi) is 3.60. The maximum Gasteiger partial charge on any atom is 0.0813 e. The molecule has 0 N–H and O–H groups in total. The second kappa shape index (κ2) is 5.89. The molecule has 2 aromatic heterocycles. The normalized spacial score (nSPS) is 10.8. The van der Waals surface area contributed by atoms with Crippen LogP contribution >= 0.6 is 0 Å². The number of benzene rings is 1. The highest BCUT2D eigenvalue weighted by Crippen LogP contribution is 2.22. The van der Waals surface area contributed by atoms with E-state index in [9.17, 15) is 0 Å². The molecule has 0 fully saturated rings. The Bertz CT molecular complexity index is 707. The van der Waals surface area contributed by atoms with E-state index in [4.69, 9.17) is 0 Å². The van der Waals surface area contributed by atoms with E-state index in [-0.39, 0.29) is 0 Å². The number of nitrogens with zero attached hydrogens (tertiary/aromatic N) is 3. The van der Waals surface area contributed by atoms with Gasteiger partial charge in [-0.25, -0.2) is 0 Å². The summed E-state index contributed by atoms with van der Waals surface area (Å²) in [5.41, 5.74) is 3.96. The lowest BCUT2D eigenvalue weighted by molar-refractivity contribution is 1.18. The van der Waals surface area contributed by atoms with Crippen LogP contribution in [0, 0.1) is 0 Å². The predicted octanol–water partition coefficient (Wildman–Crippen LogP) is 3.71. The molecule has 0 atom stereocenters. The van der Waals surface area contributed by atoms with E-state index in [0.29, 0.717) is 0 Å². The molecule has 96 valence electrons. The number of hydrogen-bond acceptors (Lipinski definition) is 3. The van der Waals surface area contributed by atoms with Gasteiger partial charge in [0.1, 0.15) is 0 Å². The van der Waals surface area contributed by atoms with E-state index in [2.05, 4.69) is 27.1 Å². The van der Waals surface area contributed by atoms with Gasteiger partial charge in [0.15, 0.2) is 0 Å². The molecular formula is C17H13N3. The van der Waals surface area contributed by atoms with Gasteiger partial charge in [0, 0.05) is 29.7 Å². The van der Waals surface area contributed by atoms with E-state index >= 15 is 0 Å². The van der Waals surface area contributed by atoms with Crippen LogP contribution in [0.25, 0.3) is 23.4 Å². The second-order valence-corrected chi connectivity index (χ2v) is 4.27. The first-order valence-corrected chi connectivity index (χ1v) is 6.38. The standard InChI is InChI=1S/C17H13N3/c1-2-5-14(6-3-1)17-15(7-4-10-20-17)8-9-16-13-18-11-12-19-16/h1-13H. The zero-order valence-corrected chi connectivity index (χ0v) is 10.8. The third-order valence-corrected chi connectivity index (χ3v) is 2.90. The van der Waals surface area contributed by atoms with Gasteiger partial charge in [-0.1, -0.05) is 42.5 Å². The van der Waals surface area contributed by atoms with Crippen LogP contribution in [0.1, 0.15) is 11.3 Å². The molecule has 3 rings (SSSR count). The first-order valence-electron chi connectivity index (χ1n) is 6.38. The Morgan fingerprint density at radius 2 is 1.65 bits per heavy atom. The fraction of sp³-hybridized carbons (Fsp3) is 0. The molecule has 0 saturated carbocycles. The average Bonchev–Trinajstić information content (AvgIpc) is 2.55. The molecule has 0 aliphatic carbocycles. The third kappa shape index (κ3) is 2.78. The lowest BCUT2D eigenvalue weighted by Gasteiger charge is -2.04. The van der Waals surface area contributed by atoms with Gasteiger partial charge in [-0.3, -0.25) is 15.0 Å². The highest BCUT2D eigenvalue weighted by molar-refractivity contribution is 5.77. The van der Waals surface area contributed by atoms with Crippen LogP contribution in [0.3, 0.4) is 0 Å². The largest absolute Gasteiger partial charge is 0.261 e. The van der Waals surface area contributed by atoms with Gasteiger partial charge in [-0.05, 0) is 12.1 Å². The molecular weight excluding hydrogens is 246 g/mol. The second-order valence-electron chi connectivity index (χ2n) is 4.27. The molecule has 0 unspecified atom stereocenters. The number of hydrogen-bond donors (Lipinski definition) is 0. The maximum atomic E-state index is 4.47. The van der Waals surface area contributed by atoms with Crippen LogP contribution in [0.5, 0.6) is 0 Å². The van der Waals surface area contributed by atoms with Gasteiger partial charge in [-0.2, -0.15) is 0 Å². The SMILES string of the molecule is C(=Cc1cccnc1-c1ccccc1)c1cnccn1. The van der Waals surface area contributed by atoms with Gasteiger partial charge in [0.25, 0.3) is 0 Å². The van der Waals surface area contributed by atoms with Crippen LogP contribution < -0.4 is 0 Å². The molecule has 0 saturated heterocycles. The molecule has 0 bridgehead atoms. The minimum absolute atomic E-state index is 0.829.